The Morgan fingerprint density at radius 3 is 2.09 bits per heavy atom. The first-order valence-electron chi connectivity index (χ1n) is 7.40. The van der Waals surface area contributed by atoms with Crippen molar-refractivity contribution in [1.82, 2.24) is 0 Å². The van der Waals surface area contributed by atoms with E-state index in [4.69, 9.17) is 14.2 Å². The SMILES string of the molecule is COc1ccc(OCC(=O)Nc2ccc(OC(C)C)cc2)cc1. The molecule has 0 aromatic heterocycles. The van der Waals surface area contributed by atoms with E-state index < -0.39 is 0 Å². The van der Waals surface area contributed by atoms with Crippen molar-refractivity contribution in [3.63, 3.8) is 0 Å². The van der Waals surface area contributed by atoms with E-state index in [0.29, 0.717) is 11.4 Å². The first kappa shape index (κ1) is 16.7. The van der Waals surface area contributed by atoms with E-state index in [-0.39, 0.29) is 18.6 Å². The molecule has 0 unspecified atom stereocenters. The number of hydrogen-bond acceptors (Lipinski definition) is 4. The Bertz CT molecular complexity index is 620. The number of hydrogen-bond donors (Lipinski definition) is 1. The molecule has 1 N–H and O–H groups in total. The Labute approximate surface area is 136 Å². The number of carbonyl (C=O) groups is 1. The minimum Gasteiger partial charge on any atom is -0.497 e. The molecule has 0 saturated carbocycles. The molecule has 1 amide bonds. The van der Waals surface area contributed by atoms with E-state index in [1.54, 1.807) is 43.5 Å². The fourth-order valence-corrected chi connectivity index (χ4v) is 1.91. The van der Waals surface area contributed by atoms with Crippen LogP contribution in [0, 0.1) is 0 Å². The van der Waals surface area contributed by atoms with Crippen molar-refractivity contribution >= 4 is 11.6 Å². The molecule has 0 radical (unpaired) electrons. The molecule has 0 heterocycles. The summed E-state index contributed by atoms with van der Waals surface area (Å²) in [6.45, 7) is 3.87. The van der Waals surface area contributed by atoms with Gasteiger partial charge in [0.25, 0.3) is 5.91 Å². The largest absolute Gasteiger partial charge is 0.497 e. The minimum absolute atomic E-state index is 0.0590. The van der Waals surface area contributed by atoms with Crippen LogP contribution in [0.15, 0.2) is 48.5 Å². The Morgan fingerprint density at radius 1 is 0.957 bits per heavy atom. The van der Waals surface area contributed by atoms with Crippen molar-refractivity contribution in [3.8, 4) is 17.2 Å². The maximum atomic E-state index is 11.9. The van der Waals surface area contributed by atoms with Crippen molar-refractivity contribution < 1.29 is 19.0 Å². The normalized spacial score (nSPS) is 10.3. The number of carbonyl (C=O) groups excluding carboxylic acids is 1. The van der Waals surface area contributed by atoms with Gasteiger partial charge in [-0.05, 0) is 62.4 Å². The van der Waals surface area contributed by atoms with Crippen LogP contribution >= 0.6 is 0 Å². The molecule has 23 heavy (non-hydrogen) atoms. The summed E-state index contributed by atoms with van der Waals surface area (Å²) in [7, 11) is 1.60. The van der Waals surface area contributed by atoms with Gasteiger partial charge in [-0.2, -0.15) is 0 Å². The van der Waals surface area contributed by atoms with Gasteiger partial charge in [0, 0.05) is 5.69 Å². The number of ether oxygens (including phenoxy) is 3. The van der Waals surface area contributed by atoms with Crippen molar-refractivity contribution in [2.24, 2.45) is 0 Å². The molecule has 0 aliphatic heterocycles. The second-order valence-corrected chi connectivity index (χ2v) is 5.20. The third-order valence-electron chi connectivity index (χ3n) is 2.94. The molecule has 0 saturated heterocycles. The monoisotopic (exact) mass is 315 g/mol. The molecule has 5 nitrogen and oxygen atoms in total. The van der Waals surface area contributed by atoms with Gasteiger partial charge in [0.2, 0.25) is 0 Å². The molecule has 2 aromatic carbocycles. The average Bonchev–Trinajstić information content (AvgIpc) is 2.55. The molecule has 0 aliphatic carbocycles. The Hall–Kier alpha value is -2.69. The highest BCUT2D eigenvalue weighted by Crippen LogP contribution is 2.18. The standard InChI is InChI=1S/C18H21NO4/c1-13(2)23-17-6-4-14(5-7-17)19-18(20)12-22-16-10-8-15(21-3)9-11-16/h4-11,13H,12H2,1-3H3,(H,19,20). The maximum Gasteiger partial charge on any atom is 0.262 e. The predicted octanol–water partition coefficient (Wildman–Crippen LogP) is 3.50. The van der Waals surface area contributed by atoms with Gasteiger partial charge >= 0.3 is 0 Å². The summed E-state index contributed by atoms with van der Waals surface area (Å²) in [6.07, 6.45) is 0.119. The van der Waals surface area contributed by atoms with Crippen LogP contribution in [0.25, 0.3) is 0 Å². The van der Waals surface area contributed by atoms with Crippen molar-refractivity contribution in [1.29, 1.82) is 0 Å². The van der Waals surface area contributed by atoms with Crippen LogP contribution in [0.3, 0.4) is 0 Å². The molecule has 0 spiro atoms. The fourth-order valence-electron chi connectivity index (χ4n) is 1.91. The van der Waals surface area contributed by atoms with E-state index in [1.165, 1.54) is 0 Å². The van der Waals surface area contributed by atoms with Crippen molar-refractivity contribution in [2.45, 2.75) is 20.0 Å². The van der Waals surface area contributed by atoms with Crippen molar-refractivity contribution in [3.05, 3.63) is 48.5 Å². The zero-order valence-corrected chi connectivity index (χ0v) is 13.5. The fraction of sp³-hybridized carbons (Fsp3) is 0.278. The van der Waals surface area contributed by atoms with Crippen LogP contribution < -0.4 is 19.5 Å². The van der Waals surface area contributed by atoms with Crippen LogP contribution in [0.2, 0.25) is 0 Å². The van der Waals surface area contributed by atoms with Crippen LogP contribution in [-0.4, -0.2) is 25.7 Å². The third-order valence-corrected chi connectivity index (χ3v) is 2.94. The summed E-state index contributed by atoms with van der Waals surface area (Å²) in [4.78, 5) is 11.9. The summed E-state index contributed by atoms with van der Waals surface area (Å²) in [5.74, 6) is 1.90. The lowest BCUT2D eigenvalue weighted by Crippen LogP contribution is -2.20. The second-order valence-electron chi connectivity index (χ2n) is 5.20. The third kappa shape index (κ3) is 5.54. The van der Waals surface area contributed by atoms with E-state index in [9.17, 15) is 4.79 Å². The summed E-state index contributed by atoms with van der Waals surface area (Å²) >= 11 is 0. The van der Waals surface area contributed by atoms with Gasteiger partial charge in [-0.25, -0.2) is 0 Å². The van der Waals surface area contributed by atoms with Crippen LogP contribution in [0.4, 0.5) is 5.69 Å². The number of methoxy groups -OCH3 is 1. The molecule has 2 rings (SSSR count). The smallest absolute Gasteiger partial charge is 0.262 e. The molecular weight excluding hydrogens is 294 g/mol. The molecule has 0 aliphatic rings. The number of amides is 1. The number of benzene rings is 2. The highest BCUT2D eigenvalue weighted by atomic mass is 16.5. The lowest BCUT2D eigenvalue weighted by molar-refractivity contribution is -0.118. The van der Waals surface area contributed by atoms with E-state index in [1.807, 2.05) is 26.0 Å². The topological polar surface area (TPSA) is 56.8 Å². The Kier molecular flexibility index (Phi) is 5.86. The van der Waals surface area contributed by atoms with Gasteiger partial charge in [-0.3, -0.25) is 4.79 Å². The molecule has 5 heteroatoms. The summed E-state index contributed by atoms with van der Waals surface area (Å²) in [5, 5.41) is 2.77. The van der Waals surface area contributed by atoms with Crippen LogP contribution in [0.1, 0.15) is 13.8 Å². The zero-order chi connectivity index (χ0) is 16.7. The number of anilines is 1. The van der Waals surface area contributed by atoms with Gasteiger partial charge in [-0.15, -0.1) is 0 Å². The van der Waals surface area contributed by atoms with Gasteiger partial charge in [0.05, 0.1) is 13.2 Å². The van der Waals surface area contributed by atoms with Crippen LogP contribution in [0.5, 0.6) is 17.2 Å². The van der Waals surface area contributed by atoms with Gasteiger partial charge < -0.3 is 19.5 Å². The predicted molar refractivity (Wildman–Crippen MR) is 89.3 cm³/mol. The summed E-state index contributed by atoms with van der Waals surface area (Å²) in [6, 6.07) is 14.3. The number of rotatable bonds is 7. The molecule has 0 fully saturated rings. The average molecular weight is 315 g/mol. The molecule has 0 atom stereocenters. The second kappa shape index (κ2) is 8.08. The van der Waals surface area contributed by atoms with Crippen molar-refractivity contribution in [2.75, 3.05) is 19.0 Å². The minimum atomic E-state index is -0.224. The van der Waals surface area contributed by atoms with Crippen LogP contribution in [-0.2, 0) is 4.79 Å². The number of nitrogens with one attached hydrogen (secondary N) is 1. The summed E-state index contributed by atoms with van der Waals surface area (Å²) in [5.41, 5.74) is 0.699. The van der Waals surface area contributed by atoms with Gasteiger partial charge in [-0.1, -0.05) is 0 Å². The lowest BCUT2D eigenvalue weighted by atomic mass is 10.3. The molecule has 122 valence electrons. The molecular formula is C18H21NO4. The summed E-state index contributed by atoms with van der Waals surface area (Å²) < 4.78 is 16.0. The quantitative estimate of drug-likeness (QED) is 0.849. The maximum absolute atomic E-state index is 11.9. The lowest BCUT2D eigenvalue weighted by Gasteiger charge is -2.11. The highest BCUT2D eigenvalue weighted by molar-refractivity contribution is 5.91. The van der Waals surface area contributed by atoms with E-state index in [2.05, 4.69) is 5.32 Å². The first-order chi connectivity index (χ1) is 11.1. The Morgan fingerprint density at radius 2 is 1.52 bits per heavy atom. The van der Waals surface area contributed by atoms with Gasteiger partial charge in [0.1, 0.15) is 17.2 Å². The zero-order valence-electron chi connectivity index (χ0n) is 13.5. The highest BCUT2D eigenvalue weighted by Gasteiger charge is 2.05. The van der Waals surface area contributed by atoms with E-state index >= 15 is 0 Å². The Balaban J connectivity index is 1.81. The van der Waals surface area contributed by atoms with E-state index in [0.717, 1.165) is 11.5 Å². The molecule has 2 aromatic rings. The first-order valence-corrected chi connectivity index (χ1v) is 7.40. The van der Waals surface area contributed by atoms with Gasteiger partial charge in [0.15, 0.2) is 6.61 Å². The molecule has 0 bridgehead atoms.